The third kappa shape index (κ3) is 3.84. The Morgan fingerprint density at radius 3 is 2.79 bits per heavy atom. The molecule has 0 fully saturated rings. The van der Waals surface area contributed by atoms with Gasteiger partial charge < -0.3 is 10.1 Å². The first-order valence-electron chi connectivity index (χ1n) is 5.26. The minimum absolute atomic E-state index is 0. The van der Waals surface area contributed by atoms with E-state index in [0.29, 0.717) is 22.2 Å². The van der Waals surface area contributed by atoms with Crippen molar-refractivity contribution in [2.24, 2.45) is 0 Å². The molecule has 19 heavy (non-hydrogen) atoms. The average molecular weight is 299 g/mol. The number of pyridine rings is 1. The largest absolute Gasteiger partial charge is 0.497 e. The van der Waals surface area contributed by atoms with Gasteiger partial charge in [0, 0.05) is 11.8 Å². The van der Waals surface area contributed by atoms with Gasteiger partial charge in [-0.3, -0.25) is 4.79 Å². The predicted octanol–water partition coefficient (Wildman–Crippen LogP) is 3.42. The highest BCUT2D eigenvalue weighted by molar-refractivity contribution is 6.33. The third-order valence-corrected chi connectivity index (χ3v) is 2.63. The van der Waals surface area contributed by atoms with Gasteiger partial charge >= 0.3 is 0 Å². The second-order valence-electron chi connectivity index (χ2n) is 3.52. The number of amides is 1. The van der Waals surface area contributed by atoms with Crippen LogP contribution in [0.1, 0.15) is 10.4 Å². The first-order valence-corrected chi connectivity index (χ1v) is 5.64. The molecule has 0 aliphatic heterocycles. The van der Waals surface area contributed by atoms with E-state index >= 15 is 0 Å². The Morgan fingerprint density at radius 2 is 2.11 bits per heavy atom. The van der Waals surface area contributed by atoms with E-state index < -0.39 is 0 Å². The molecule has 100 valence electrons. The number of hydrogen-bond acceptors (Lipinski definition) is 3. The molecule has 0 saturated heterocycles. The van der Waals surface area contributed by atoms with E-state index in [1.807, 2.05) is 0 Å². The van der Waals surface area contributed by atoms with Crippen molar-refractivity contribution in [1.82, 2.24) is 4.98 Å². The van der Waals surface area contributed by atoms with Gasteiger partial charge in [0.1, 0.15) is 5.75 Å². The standard InChI is InChI=1S/C13H11ClN2O2.ClH/c1-18-10-5-2-4-9(8-10)13(17)16-12-11(14)6-3-7-15-12;/h2-8H,1H3,(H,15,16,17);1H. The van der Waals surface area contributed by atoms with E-state index in [2.05, 4.69) is 10.3 Å². The normalized spacial score (nSPS) is 9.37. The average Bonchev–Trinajstić information content (AvgIpc) is 2.41. The van der Waals surface area contributed by atoms with Crippen molar-refractivity contribution < 1.29 is 9.53 Å². The Hall–Kier alpha value is -1.78. The lowest BCUT2D eigenvalue weighted by atomic mass is 10.2. The van der Waals surface area contributed by atoms with Crippen LogP contribution < -0.4 is 10.1 Å². The molecular weight excluding hydrogens is 287 g/mol. The minimum atomic E-state index is -0.283. The number of nitrogens with one attached hydrogen (secondary N) is 1. The van der Waals surface area contributed by atoms with Crippen LogP contribution in [0.25, 0.3) is 0 Å². The molecule has 4 nitrogen and oxygen atoms in total. The molecule has 0 unspecified atom stereocenters. The predicted molar refractivity (Wildman–Crippen MR) is 77.4 cm³/mol. The van der Waals surface area contributed by atoms with Gasteiger partial charge in [0.2, 0.25) is 0 Å². The first-order chi connectivity index (χ1) is 8.70. The van der Waals surface area contributed by atoms with Crippen LogP contribution >= 0.6 is 24.0 Å². The van der Waals surface area contributed by atoms with Crippen LogP contribution in [0.4, 0.5) is 5.82 Å². The maximum atomic E-state index is 12.0. The summed E-state index contributed by atoms with van der Waals surface area (Å²) >= 11 is 5.91. The van der Waals surface area contributed by atoms with Gasteiger partial charge in [0.05, 0.1) is 12.1 Å². The zero-order valence-electron chi connectivity index (χ0n) is 10.1. The van der Waals surface area contributed by atoms with Crippen molar-refractivity contribution in [1.29, 1.82) is 0 Å². The highest BCUT2D eigenvalue weighted by Crippen LogP contribution is 2.19. The summed E-state index contributed by atoms with van der Waals surface area (Å²) in [6.45, 7) is 0. The number of nitrogens with zero attached hydrogens (tertiary/aromatic N) is 1. The van der Waals surface area contributed by atoms with Crippen LogP contribution in [0.3, 0.4) is 0 Å². The Bertz CT molecular complexity index is 576. The molecule has 0 atom stereocenters. The summed E-state index contributed by atoms with van der Waals surface area (Å²) in [4.78, 5) is 16.0. The van der Waals surface area contributed by atoms with Crippen LogP contribution in [0.15, 0.2) is 42.6 Å². The SMILES string of the molecule is COc1cccc(C(=O)Nc2ncccc2Cl)c1.Cl. The number of aromatic nitrogens is 1. The van der Waals surface area contributed by atoms with Gasteiger partial charge in [0.25, 0.3) is 5.91 Å². The minimum Gasteiger partial charge on any atom is -0.497 e. The summed E-state index contributed by atoms with van der Waals surface area (Å²) in [7, 11) is 1.55. The molecule has 2 rings (SSSR count). The fourth-order valence-corrected chi connectivity index (χ4v) is 1.59. The van der Waals surface area contributed by atoms with Gasteiger partial charge in [0.15, 0.2) is 5.82 Å². The van der Waals surface area contributed by atoms with E-state index in [1.54, 1.807) is 49.7 Å². The molecule has 6 heteroatoms. The van der Waals surface area contributed by atoms with Gasteiger partial charge in [-0.15, -0.1) is 12.4 Å². The molecule has 0 spiro atoms. The fraction of sp³-hybridized carbons (Fsp3) is 0.0769. The zero-order valence-corrected chi connectivity index (χ0v) is 11.7. The third-order valence-electron chi connectivity index (χ3n) is 2.32. The Balaban J connectivity index is 0.00000180. The maximum absolute atomic E-state index is 12.0. The Morgan fingerprint density at radius 1 is 1.32 bits per heavy atom. The highest BCUT2D eigenvalue weighted by Gasteiger charge is 2.09. The van der Waals surface area contributed by atoms with Gasteiger partial charge in [-0.05, 0) is 30.3 Å². The molecular formula is C13H12Cl2N2O2. The van der Waals surface area contributed by atoms with Crippen molar-refractivity contribution in [3.8, 4) is 5.75 Å². The monoisotopic (exact) mass is 298 g/mol. The molecule has 0 saturated carbocycles. The summed E-state index contributed by atoms with van der Waals surface area (Å²) in [6, 6.07) is 10.2. The molecule has 1 aromatic heterocycles. The van der Waals surface area contributed by atoms with Gasteiger partial charge in [-0.1, -0.05) is 17.7 Å². The molecule has 1 amide bonds. The van der Waals surface area contributed by atoms with Crippen molar-refractivity contribution >= 4 is 35.7 Å². The van der Waals surface area contributed by atoms with Crippen molar-refractivity contribution in [3.05, 3.63) is 53.2 Å². The summed E-state index contributed by atoms with van der Waals surface area (Å²) in [5.74, 6) is 0.677. The summed E-state index contributed by atoms with van der Waals surface area (Å²) in [6.07, 6.45) is 1.56. The topological polar surface area (TPSA) is 51.2 Å². The number of anilines is 1. The summed E-state index contributed by atoms with van der Waals surface area (Å²) < 4.78 is 5.06. The Labute approximate surface area is 122 Å². The molecule has 1 N–H and O–H groups in total. The number of carbonyl (C=O) groups is 1. The zero-order chi connectivity index (χ0) is 13.0. The maximum Gasteiger partial charge on any atom is 0.256 e. The van der Waals surface area contributed by atoms with E-state index in [0.717, 1.165) is 0 Å². The van der Waals surface area contributed by atoms with E-state index in [4.69, 9.17) is 16.3 Å². The van der Waals surface area contributed by atoms with Gasteiger partial charge in [-0.25, -0.2) is 4.98 Å². The second kappa shape index (κ2) is 6.97. The smallest absolute Gasteiger partial charge is 0.256 e. The molecule has 2 aromatic rings. The quantitative estimate of drug-likeness (QED) is 0.944. The number of ether oxygens (including phenoxy) is 1. The highest BCUT2D eigenvalue weighted by atomic mass is 35.5. The first kappa shape index (κ1) is 15.3. The van der Waals surface area contributed by atoms with E-state index in [1.165, 1.54) is 0 Å². The van der Waals surface area contributed by atoms with Crippen molar-refractivity contribution in [2.45, 2.75) is 0 Å². The Kier molecular flexibility index (Phi) is 5.60. The lowest BCUT2D eigenvalue weighted by Gasteiger charge is -2.06. The summed E-state index contributed by atoms with van der Waals surface area (Å²) in [5.41, 5.74) is 0.482. The number of benzene rings is 1. The molecule has 1 aromatic carbocycles. The molecule has 0 radical (unpaired) electrons. The molecule has 0 bridgehead atoms. The lowest BCUT2D eigenvalue weighted by molar-refractivity contribution is 0.102. The number of hydrogen-bond donors (Lipinski definition) is 1. The van der Waals surface area contributed by atoms with E-state index in [9.17, 15) is 4.79 Å². The number of rotatable bonds is 3. The second-order valence-corrected chi connectivity index (χ2v) is 3.93. The van der Waals surface area contributed by atoms with Crippen LogP contribution in [-0.4, -0.2) is 18.0 Å². The summed E-state index contributed by atoms with van der Waals surface area (Å²) in [5, 5.41) is 3.04. The van der Waals surface area contributed by atoms with Crippen molar-refractivity contribution in [3.63, 3.8) is 0 Å². The molecule has 1 heterocycles. The van der Waals surface area contributed by atoms with E-state index in [-0.39, 0.29) is 18.3 Å². The number of halogens is 2. The van der Waals surface area contributed by atoms with Crippen LogP contribution in [0.2, 0.25) is 5.02 Å². The fourth-order valence-electron chi connectivity index (χ4n) is 1.42. The van der Waals surface area contributed by atoms with Gasteiger partial charge in [-0.2, -0.15) is 0 Å². The number of carbonyl (C=O) groups excluding carboxylic acids is 1. The van der Waals surface area contributed by atoms with Crippen LogP contribution in [-0.2, 0) is 0 Å². The molecule has 0 aliphatic rings. The van der Waals surface area contributed by atoms with Crippen molar-refractivity contribution in [2.75, 3.05) is 12.4 Å². The van der Waals surface area contributed by atoms with Crippen LogP contribution in [0, 0.1) is 0 Å². The number of methoxy groups -OCH3 is 1. The van der Waals surface area contributed by atoms with Crippen LogP contribution in [0.5, 0.6) is 5.75 Å². The molecule has 0 aliphatic carbocycles. The lowest BCUT2D eigenvalue weighted by Crippen LogP contribution is -2.13.